The van der Waals surface area contributed by atoms with Crippen LogP contribution in [0.2, 0.25) is 0 Å². The van der Waals surface area contributed by atoms with Crippen molar-refractivity contribution in [3.63, 3.8) is 0 Å². The normalized spacial score (nSPS) is 14.2. The number of carbonyl (C=O) groups is 1. The maximum absolute atomic E-state index is 12.2. The average Bonchev–Trinajstić information content (AvgIpc) is 3.04. The largest absolute Gasteiger partial charge is 0.423 e. The number of hydrogen-bond acceptors (Lipinski definition) is 3. The minimum absolute atomic E-state index is 0.308. The molecule has 0 N–H and O–H groups in total. The topological polar surface area (TPSA) is 29.5 Å². The second-order valence-corrected chi connectivity index (χ2v) is 5.40. The third kappa shape index (κ3) is 3.07. The van der Waals surface area contributed by atoms with Crippen LogP contribution in [0, 0.1) is 6.92 Å². The highest BCUT2D eigenvalue weighted by Gasteiger charge is 2.15. The first-order chi connectivity index (χ1) is 10.2. The smallest absolute Gasteiger partial charge is 0.343 e. The quantitative estimate of drug-likeness (QED) is 0.633. The molecule has 2 aromatic rings. The summed E-state index contributed by atoms with van der Waals surface area (Å²) in [4.78, 5) is 14.5. The zero-order valence-electron chi connectivity index (χ0n) is 12.2. The highest BCUT2D eigenvalue weighted by atomic mass is 16.5. The Kier molecular flexibility index (Phi) is 3.91. The van der Waals surface area contributed by atoms with Crippen LogP contribution in [0.3, 0.4) is 0 Å². The molecule has 1 aliphatic heterocycles. The van der Waals surface area contributed by atoms with E-state index in [1.165, 1.54) is 12.8 Å². The van der Waals surface area contributed by atoms with Gasteiger partial charge in [-0.05, 0) is 43.5 Å². The molecule has 2 aromatic carbocycles. The predicted octanol–water partition coefficient (Wildman–Crippen LogP) is 3.81. The Morgan fingerprint density at radius 1 is 1.05 bits per heavy atom. The lowest BCUT2D eigenvalue weighted by atomic mass is 10.2. The molecule has 0 saturated carbocycles. The molecule has 0 spiro atoms. The first kappa shape index (κ1) is 13.7. The zero-order chi connectivity index (χ0) is 14.7. The number of nitrogens with zero attached hydrogens (tertiary/aromatic N) is 1. The molecule has 1 fully saturated rings. The Bertz CT molecular complexity index is 631. The first-order valence-corrected chi connectivity index (χ1v) is 7.37. The van der Waals surface area contributed by atoms with Gasteiger partial charge in [0.25, 0.3) is 0 Å². The number of aryl methyl sites for hydroxylation is 1. The Hall–Kier alpha value is -2.29. The van der Waals surface area contributed by atoms with Gasteiger partial charge in [0.15, 0.2) is 0 Å². The van der Waals surface area contributed by atoms with Crippen molar-refractivity contribution in [1.82, 2.24) is 0 Å². The van der Waals surface area contributed by atoms with Crippen molar-refractivity contribution in [2.45, 2.75) is 19.8 Å². The van der Waals surface area contributed by atoms with Gasteiger partial charge in [-0.15, -0.1) is 0 Å². The van der Waals surface area contributed by atoms with Gasteiger partial charge in [-0.3, -0.25) is 0 Å². The van der Waals surface area contributed by atoms with Crippen LogP contribution in [0.1, 0.15) is 28.8 Å². The molecular formula is C18H19NO2. The summed E-state index contributed by atoms with van der Waals surface area (Å²) in [5, 5.41) is 0. The van der Waals surface area contributed by atoms with E-state index in [0.29, 0.717) is 11.3 Å². The lowest BCUT2D eigenvalue weighted by Crippen LogP contribution is -2.18. The maximum Gasteiger partial charge on any atom is 0.343 e. The van der Waals surface area contributed by atoms with E-state index in [4.69, 9.17) is 4.74 Å². The minimum atomic E-state index is -0.308. The van der Waals surface area contributed by atoms with E-state index in [2.05, 4.69) is 11.0 Å². The summed E-state index contributed by atoms with van der Waals surface area (Å²) in [6, 6.07) is 15.2. The zero-order valence-corrected chi connectivity index (χ0v) is 12.2. The van der Waals surface area contributed by atoms with Gasteiger partial charge in [0, 0.05) is 24.8 Å². The Morgan fingerprint density at radius 3 is 2.48 bits per heavy atom. The van der Waals surface area contributed by atoms with E-state index in [1.54, 1.807) is 12.1 Å². The van der Waals surface area contributed by atoms with Crippen molar-refractivity contribution < 1.29 is 9.53 Å². The summed E-state index contributed by atoms with van der Waals surface area (Å²) in [7, 11) is 0. The fourth-order valence-corrected chi connectivity index (χ4v) is 2.60. The summed E-state index contributed by atoms with van der Waals surface area (Å²) < 4.78 is 5.57. The van der Waals surface area contributed by atoms with Crippen LogP contribution in [0.25, 0.3) is 0 Å². The number of rotatable bonds is 3. The van der Waals surface area contributed by atoms with Gasteiger partial charge in [-0.2, -0.15) is 0 Å². The number of esters is 1. The van der Waals surface area contributed by atoms with Gasteiger partial charge >= 0.3 is 5.97 Å². The number of benzene rings is 2. The van der Waals surface area contributed by atoms with Crippen LogP contribution < -0.4 is 9.64 Å². The number of hydrogen-bond donors (Lipinski definition) is 0. The van der Waals surface area contributed by atoms with Crippen molar-refractivity contribution in [2.24, 2.45) is 0 Å². The van der Waals surface area contributed by atoms with E-state index >= 15 is 0 Å². The molecule has 3 nitrogen and oxygen atoms in total. The third-order valence-electron chi connectivity index (χ3n) is 3.86. The van der Waals surface area contributed by atoms with Gasteiger partial charge < -0.3 is 9.64 Å². The molecule has 3 rings (SSSR count). The van der Waals surface area contributed by atoms with Gasteiger partial charge in [-0.1, -0.05) is 24.3 Å². The van der Waals surface area contributed by atoms with E-state index in [1.807, 2.05) is 37.3 Å². The summed E-state index contributed by atoms with van der Waals surface area (Å²) in [5.41, 5.74) is 2.68. The molecule has 0 unspecified atom stereocenters. The molecular weight excluding hydrogens is 262 g/mol. The maximum atomic E-state index is 12.2. The monoisotopic (exact) mass is 281 g/mol. The molecule has 0 aliphatic carbocycles. The second kappa shape index (κ2) is 6.00. The van der Waals surface area contributed by atoms with Gasteiger partial charge in [-0.25, -0.2) is 4.79 Å². The molecule has 1 saturated heterocycles. The fraction of sp³-hybridized carbons (Fsp3) is 0.278. The van der Waals surface area contributed by atoms with Crippen LogP contribution in [0.4, 0.5) is 5.69 Å². The standard InChI is InChI=1S/C18H19NO2/c1-14-9-10-16(19-11-5-6-12-19)13-17(14)21-18(20)15-7-3-2-4-8-15/h2-4,7-10,13H,5-6,11-12H2,1H3. The number of carbonyl (C=O) groups excluding carboxylic acids is 1. The highest BCUT2D eigenvalue weighted by molar-refractivity contribution is 5.91. The SMILES string of the molecule is Cc1ccc(N2CCCC2)cc1OC(=O)c1ccccc1. The van der Waals surface area contributed by atoms with Crippen molar-refractivity contribution in [3.05, 3.63) is 59.7 Å². The van der Waals surface area contributed by atoms with Crippen molar-refractivity contribution in [3.8, 4) is 5.75 Å². The molecule has 0 radical (unpaired) electrons. The van der Waals surface area contributed by atoms with E-state index in [-0.39, 0.29) is 5.97 Å². The van der Waals surface area contributed by atoms with Crippen molar-refractivity contribution in [1.29, 1.82) is 0 Å². The second-order valence-electron chi connectivity index (χ2n) is 5.40. The Labute approximate surface area is 125 Å². The third-order valence-corrected chi connectivity index (χ3v) is 3.86. The fourth-order valence-electron chi connectivity index (χ4n) is 2.60. The molecule has 108 valence electrons. The Balaban J connectivity index is 1.81. The molecule has 21 heavy (non-hydrogen) atoms. The first-order valence-electron chi connectivity index (χ1n) is 7.37. The molecule has 0 bridgehead atoms. The molecule has 0 aromatic heterocycles. The molecule has 3 heteroatoms. The molecule has 1 heterocycles. The van der Waals surface area contributed by atoms with Gasteiger partial charge in [0.2, 0.25) is 0 Å². The molecule has 0 amide bonds. The van der Waals surface area contributed by atoms with Gasteiger partial charge in [0.05, 0.1) is 5.56 Å². The molecule has 0 atom stereocenters. The predicted molar refractivity (Wildman–Crippen MR) is 84.0 cm³/mol. The molecule has 1 aliphatic rings. The van der Waals surface area contributed by atoms with E-state index in [0.717, 1.165) is 24.3 Å². The Morgan fingerprint density at radius 2 is 1.76 bits per heavy atom. The average molecular weight is 281 g/mol. The van der Waals surface area contributed by atoms with Crippen LogP contribution in [-0.4, -0.2) is 19.1 Å². The lowest BCUT2D eigenvalue weighted by molar-refractivity contribution is 0.0733. The summed E-state index contributed by atoms with van der Waals surface area (Å²) in [5.74, 6) is 0.338. The summed E-state index contributed by atoms with van der Waals surface area (Å²) in [6.07, 6.45) is 2.46. The van der Waals surface area contributed by atoms with Crippen molar-refractivity contribution in [2.75, 3.05) is 18.0 Å². The van der Waals surface area contributed by atoms with E-state index < -0.39 is 0 Å². The van der Waals surface area contributed by atoms with Gasteiger partial charge in [0.1, 0.15) is 5.75 Å². The summed E-state index contributed by atoms with van der Waals surface area (Å²) in [6.45, 7) is 4.12. The van der Waals surface area contributed by atoms with E-state index in [9.17, 15) is 4.79 Å². The van der Waals surface area contributed by atoms with Crippen LogP contribution in [0.5, 0.6) is 5.75 Å². The number of ether oxygens (including phenoxy) is 1. The van der Waals surface area contributed by atoms with Crippen LogP contribution in [0.15, 0.2) is 48.5 Å². The van der Waals surface area contributed by atoms with Crippen LogP contribution in [-0.2, 0) is 0 Å². The number of anilines is 1. The van der Waals surface area contributed by atoms with Crippen molar-refractivity contribution >= 4 is 11.7 Å². The highest BCUT2D eigenvalue weighted by Crippen LogP contribution is 2.28. The van der Waals surface area contributed by atoms with Crippen LogP contribution >= 0.6 is 0 Å². The lowest BCUT2D eigenvalue weighted by Gasteiger charge is -2.19. The summed E-state index contributed by atoms with van der Waals surface area (Å²) >= 11 is 0. The minimum Gasteiger partial charge on any atom is -0.423 e.